The second-order valence-corrected chi connectivity index (χ2v) is 7.30. The Morgan fingerprint density at radius 1 is 1.03 bits per heavy atom. The number of hydrogen-bond donors (Lipinski definition) is 2. The number of aromatic nitrogens is 4. The molecule has 2 aromatic heterocycles. The van der Waals surface area contributed by atoms with Crippen LogP contribution in [0.25, 0.3) is 0 Å². The molecule has 0 aliphatic carbocycles. The molecule has 2 N–H and O–H groups in total. The van der Waals surface area contributed by atoms with Gasteiger partial charge in [0.05, 0.1) is 12.7 Å². The van der Waals surface area contributed by atoms with Gasteiger partial charge in [-0.1, -0.05) is 47.7 Å². The minimum Gasteiger partial charge on any atom is -0.386 e. The van der Waals surface area contributed by atoms with Crippen molar-refractivity contribution < 1.29 is 14.3 Å². The van der Waals surface area contributed by atoms with Crippen molar-refractivity contribution in [3.05, 3.63) is 107 Å². The average Bonchev–Trinajstić information content (AvgIpc) is 3.28. The van der Waals surface area contributed by atoms with E-state index in [4.69, 9.17) is 0 Å². The molecule has 7 nitrogen and oxygen atoms in total. The van der Waals surface area contributed by atoms with Crippen LogP contribution in [-0.4, -0.2) is 31.0 Å². The quantitative estimate of drug-likeness (QED) is 0.445. The third-order valence-electron chi connectivity index (χ3n) is 5.04. The van der Waals surface area contributed by atoms with Crippen LogP contribution in [-0.2, 0) is 19.4 Å². The molecule has 4 rings (SSSR count). The van der Waals surface area contributed by atoms with Gasteiger partial charge in [0.25, 0.3) is 5.91 Å². The molecular formula is C24H22FN5O2. The number of nitrogens with one attached hydrogen (secondary N) is 1. The van der Waals surface area contributed by atoms with Gasteiger partial charge >= 0.3 is 0 Å². The summed E-state index contributed by atoms with van der Waals surface area (Å²) in [6.07, 6.45) is 3.54. The van der Waals surface area contributed by atoms with Crippen molar-refractivity contribution in [3.8, 4) is 0 Å². The van der Waals surface area contributed by atoms with Crippen LogP contribution < -0.4 is 5.32 Å². The maximum Gasteiger partial charge on any atom is 0.277 e. The fourth-order valence-corrected chi connectivity index (χ4v) is 3.37. The maximum atomic E-state index is 13.9. The molecular weight excluding hydrogens is 409 g/mol. The fourth-order valence-electron chi connectivity index (χ4n) is 3.37. The van der Waals surface area contributed by atoms with E-state index >= 15 is 0 Å². The Balaban J connectivity index is 1.41. The van der Waals surface area contributed by atoms with E-state index in [0.29, 0.717) is 5.69 Å². The maximum absolute atomic E-state index is 13.9. The molecule has 0 radical (unpaired) electrons. The van der Waals surface area contributed by atoms with Crippen molar-refractivity contribution in [1.82, 2.24) is 20.0 Å². The van der Waals surface area contributed by atoms with Crippen LogP contribution in [0.4, 0.5) is 10.1 Å². The second kappa shape index (κ2) is 9.93. The van der Waals surface area contributed by atoms with Crippen LogP contribution in [0.3, 0.4) is 0 Å². The van der Waals surface area contributed by atoms with Gasteiger partial charge in [0, 0.05) is 23.1 Å². The average molecular weight is 431 g/mol. The summed E-state index contributed by atoms with van der Waals surface area (Å²) in [6.45, 7) is -0.0259. The lowest BCUT2D eigenvalue weighted by Gasteiger charge is -2.11. The Kier molecular flexibility index (Phi) is 6.62. The normalized spacial score (nSPS) is 11.8. The molecule has 2 heterocycles. The lowest BCUT2D eigenvalue weighted by atomic mass is 10.1. The molecule has 8 heteroatoms. The summed E-state index contributed by atoms with van der Waals surface area (Å²) < 4.78 is 15.2. The van der Waals surface area contributed by atoms with Gasteiger partial charge in [0.1, 0.15) is 11.9 Å². The van der Waals surface area contributed by atoms with Gasteiger partial charge in [-0.05, 0) is 42.7 Å². The molecule has 162 valence electrons. The van der Waals surface area contributed by atoms with Gasteiger partial charge in [-0.2, -0.15) is 0 Å². The van der Waals surface area contributed by atoms with Crippen LogP contribution in [0.5, 0.6) is 0 Å². The number of aliphatic hydroxyl groups excluding tert-OH is 1. The number of aliphatic hydroxyl groups is 1. The number of rotatable bonds is 8. The summed E-state index contributed by atoms with van der Waals surface area (Å²) in [5.41, 5.74) is 2.91. The van der Waals surface area contributed by atoms with E-state index in [-0.39, 0.29) is 17.8 Å². The number of carbonyl (C=O) groups is 1. The molecule has 0 aliphatic heterocycles. The van der Waals surface area contributed by atoms with E-state index in [0.717, 1.165) is 24.1 Å². The standard InChI is InChI=1S/C24H22FN5O2/c25-20-10-3-2-9-19(20)23(31)16-30-15-22(28-29-30)24(32)27-21-11-4-1-7-17(21)12-13-18-8-5-6-14-26-18/h1-11,14-15,23,31H,12-13,16H2,(H,27,32)/t23-/m0/s1. The molecule has 0 spiro atoms. The molecule has 32 heavy (non-hydrogen) atoms. The predicted octanol–water partition coefficient (Wildman–Crippen LogP) is 3.58. The van der Waals surface area contributed by atoms with E-state index in [1.54, 1.807) is 18.3 Å². The summed E-state index contributed by atoms with van der Waals surface area (Å²) in [5, 5.41) is 20.9. The number of anilines is 1. The van der Waals surface area contributed by atoms with Gasteiger partial charge in [-0.25, -0.2) is 9.07 Å². The number of benzene rings is 2. The number of nitrogens with zero attached hydrogens (tertiary/aromatic N) is 4. The largest absolute Gasteiger partial charge is 0.386 e. The minimum absolute atomic E-state index is 0.0259. The number of hydrogen-bond acceptors (Lipinski definition) is 5. The predicted molar refractivity (Wildman–Crippen MR) is 117 cm³/mol. The molecule has 1 atom stereocenters. The van der Waals surface area contributed by atoms with Gasteiger partial charge in [0.15, 0.2) is 5.69 Å². The number of halogens is 1. The first-order valence-electron chi connectivity index (χ1n) is 10.2. The third kappa shape index (κ3) is 5.22. The summed E-state index contributed by atoms with van der Waals surface area (Å²) in [5.74, 6) is -0.915. The highest BCUT2D eigenvalue weighted by molar-refractivity contribution is 6.03. The lowest BCUT2D eigenvalue weighted by Crippen LogP contribution is -2.14. The first-order valence-corrected chi connectivity index (χ1v) is 10.2. The van der Waals surface area contributed by atoms with Crippen molar-refractivity contribution in [3.63, 3.8) is 0 Å². The Morgan fingerprint density at radius 3 is 2.62 bits per heavy atom. The molecule has 0 saturated heterocycles. The topological polar surface area (TPSA) is 92.9 Å². The molecule has 2 aromatic carbocycles. The minimum atomic E-state index is -1.11. The number of aryl methyl sites for hydroxylation is 2. The van der Waals surface area contributed by atoms with Crippen molar-refractivity contribution >= 4 is 11.6 Å². The van der Waals surface area contributed by atoms with Crippen LogP contribution in [0, 0.1) is 5.82 Å². The summed E-state index contributed by atoms with van der Waals surface area (Å²) in [4.78, 5) is 17.0. The van der Waals surface area contributed by atoms with Crippen molar-refractivity contribution in [2.75, 3.05) is 5.32 Å². The van der Waals surface area contributed by atoms with Crippen LogP contribution in [0.15, 0.2) is 79.1 Å². The Labute approximate surface area is 184 Å². The van der Waals surface area contributed by atoms with E-state index in [9.17, 15) is 14.3 Å². The molecule has 0 aliphatic rings. The molecule has 0 fully saturated rings. The zero-order valence-corrected chi connectivity index (χ0v) is 17.2. The van der Waals surface area contributed by atoms with Crippen LogP contribution in [0.1, 0.15) is 33.4 Å². The highest BCUT2D eigenvalue weighted by Gasteiger charge is 2.17. The number of carbonyl (C=O) groups excluding carboxylic acids is 1. The SMILES string of the molecule is O=C(Nc1ccccc1CCc1ccccn1)c1cn(C[C@H](O)c2ccccc2F)nn1. The zero-order chi connectivity index (χ0) is 22.3. The number of pyridine rings is 1. The van der Waals surface area contributed by atoms with Crippen LogP contribution >= 0.6 is 0 Å². The molecule has 0 bridgehead atoms. The molecule has 4 aromatic rings. The lowest BCUT2D eigenvalue weighted by molar-refractivity contribution is 0.102. The fraction of sp³-hybridized carbons (Fsp3) is 0.167. The van der Waals surface area contributed by atoms with Crippen molar-refractivity contribution in [2.24, 2.45) is 0 Å². The molecule has 0 unspecified atom stereocenters. The third-order valence-corrected chi connectivity index (χ3v) is 5.04. The van der Waals surface area contributed by atoms with Crippen molar-refractivity contribution in [1.29, 1.82) is 0 Å². The van der Waals surface area contributed by atoms with E-state index in [1.807, 2.05) is 42.5 Å². The smallest absolute Gasteiger partial charge is 0.277 e. The highest BCUT2D eigenvalue weighted by Crippen LogP contribution is 2.20. The zero-order valence-electron chi connectivity index (χ0n) is 17.2. The first-order chi connectivity index (χ1) is 15.6. The van der Waals surface area contributed by atoms with Gasteiger partial charge < -0.3 is 10.4 Å². The summed E-state index contributed by atoms with van der Waals surface area (Å²) >= 11 is 0. The Bertz CT molecular complexity index is 1200. The van der Waals surface area contributed by atoms with Crippen LogP contribution in [0.2, 0.25) is 0 Å². The first kappa shape index (κ1) is 21.3. The van der Waals surface area contributed by atoms with Gasteiger partial charge in [-0.15, -0.1) is 5.10 Å². The Morgan fingerprint density at radius 2 is 1.81 bits per heavy atom. The summed E-state index contributed by atoms with van der Waals surface area (Å²) in [6, 6.07) is 19.3. The monoisotopic (exact) mass is 431 g/mol. The summed E-state index contributed by atoms with van der Waals surface area (Å²) in [7, 11) is 0. The van der Waals surface area contributed by atoms with E-state index in [2.05, 4.69) is 20.6 Å². The van der Waals surface area contributed by atoms with Crippen molar-refractivity contribution in [2.45, 2.75) is 25.5 Å². The van der Waals surface area contributed by atoms with Gasteiger partial charge in [0.2, 0.25) is 0 Å². The highest BCUT2D eigenvalue weighted by atomic mass is 19.1. The molecule has 1 amide bonds. The Hall–Kier alpha value is -3.91. The second-order valence-electron chi connectivity index (χ2n) is 7.30. The van der Waals surface area contributed by atoms with Gasteiger partial charge in [-0.3, -0.25) is 9.78 Å². The number of para-hydroxylation sites is 1. The molecule has 0 saturated carbocycles. The van der Waals surface area contributed by atoms with E-state index in [1.165, 1.54) is 23.0 Å². The number of amides is 1. The van der Waals surface area contributed by atoms with E-state index < -0.39 is 17.8 Å².